The number of Topliss-reactive ketones (excluding diaryl/α,β-unsaturated/α-hetero) is 1. The van der Waals surface area contributed by atoms with Gasteiger partial charge in [-0.05, 0) is 44.2 Å². The number of para-hydroxylation sites is 2. The summed E-state index contributed by atoms with van der Waals surface area (Å²) in [5.74, 6) is -0.251. The number of benzene rings is 2. The van der Waals surface area contributed by atoms with E-state index in [2.05, 4.69) is 5.32 Å². The largest absolute Gasteiger partial charge is 0.496 e. The van der Waals surface area contributed by atoms with Gasteiger partial charge in [-0.25, -0.2) is 0 Å². The Morgan fingerprint density at radius 3 is 2.32 bits per heavy atom. The van der Waals surface area contributed by atoms with Crippen LogP contribution in [0.2, 0.25) is 0 Å². The lowest BCUT2D eigenvalue weighted by atomic mass is 10.0. The molecule has 1 N–H and O–H groups in total. The Balaban J connectivity index is 2.03. The Morgan fingerprint density at radius 2 is 1.68 bits per heavy atom. The van der Waals surface area contributed by atoms with E-state index < -0.39 is 18.0 Å². The fourth-order valence-electron chi connectivity index (χ4n) is 2.57. The molecule has 0 saturated heterocycles. The molecule has 0 aliphatic heterocycles. The molecule has 2 aromatic rings. The molecule has 0 saturated carbocycles. The maximum atomic E-state index is 12.3. The minimum absolute atomic E-state index is 0.123. The summed E-state index contributed by atoms with van der Waals surface area (Å²) in [6.45, 7) is 2.92. The van der Waals surface area contributed by atoms with Crippen LogP contribution in [0, 0.1) is 0 Å². The molecule has 0 spiro atoms. The van der Waals surface area contributed by atoms with Crippen LogP contribution in [0.4, 0.5) is 5.69 Å². The van der Waals surface area contributed by atoms with Crippen molar-refractivity contribution >= 4 is 23.3 Å². The van der Waals surface area contributed by atoms with Gasteiger partial charge in [0, 0.05) is 11.1 Å². The van der Waals surface area contributed by atoms with Crippen molar-refractivity contribution in [2.45, 2.75) is 26.4 Å². The van der Waals surface area contributed by atoms with Gasteiger partial charge in [-0.15, -0.1) is 0 Å². The standard InChI is InChI=1S/C21H23NO6/c1-13(23)15-9-10-18(26-3)16(11-15)12-20(24)28-14(2)21(25)22-17-7-5-6-8-19(17)27-4/h5-11,14H,12H2,1-4H3,(H,22,25)/t14-/m1/s1. The summed E-state index contributed by atoms with van der Waals surface area (Å²) < 4.78 is 15.6. The van der Waals surface area contributed by atoms with Crippen molar-refractivity contribution in [1.29, 1.82) is 0 Å². The van der Waals surface area contributed by atoms with Crippen LogP contribution in [0.5, 0.6) is 11.5 Å². The predicted octanol–water partition coefficient (Wildman–Crippen LogP) is 3.02. The monoisotopic (exact) mass is 385 g/mol. The quantitative estimate of drug-likeness (QED) is 0.555. The number of carbonyl (C=O) groups excluding carboxylic acids is 3. The third-order valence-corrected chi connectivity index (χ3v) is 4.06. The topological polar surface area (TPSA) is 90.9 Å². The van der Waals surface area contributed by atoms with Crippen molar-refractivity contribution in [3.8, 4) is 11.5 Å². The number of ether oxygens (including phenoxy) is 3. The predicted molar refractivity (Wildman–Crippen MR) is 104 cm³/mol. The molecule has 0 unspecified atom stereocenters. The molecule has 7 nitrogen and oxygen atoms in total. The Morgan fingerprint density at radius 1 is 1.00 bits per heavy atom. The lowest BCUT2D eigenvalue weighted by Gasteiger charge is -2.16. The van der Waals surface area contributed by atoms with Gasteiger partial charge in [-0.3, -0.25) is 14.4 Å². The summed E-state index contributed by atoms with van der Waals surface area (Å²) >= 11 is 0. The van der Waals surface area contributed by atoms with Crippen molar-refractivity contribution in [2.75, 3.05) is 19.5 Å². The number of esters is 1. The molecule has 1 atom stereocenters. The molecule has 7 heteroatoms. The van der Waals surface area contributed by atoms with Gasteiger partial charge in [0.25, 0.3) is 5.91 Å². The summed E-state index contributed by atoms with van der Waals surface area (Å²) in [7, 11) is 2.97. The average Bonchev–Trinajstić information content (AvgIpc) is 2.68. The van der Waals surface area contributed by atoms with E-state index in [4.69, 9.17) is 14.2 Å². The van der Waals surface area contributed by atoms with Crippen molar-refractivity contribution in [2.24, 2.45) is 0 Å². The van der Waals surface area contributed by atoms with Crippen LogP contribution in [-0.2, 0) is 20.7 Å². The van der Waals surface area contributed by atoms with Crippen LogP contribution in [0.25, 0.3) is 0 Å². The van der Waals surface area contributed by atoms with E-state index in [1.807, 2.05) is 0 Å². The number of anilines is 1. The van der Waals surface area contributed by atoms with Crippen molar-refractivity contribution in [3.05, 3.63) is 53.6 Å². The lowest BCUT2D eigenvalue weighted by molar-refractivity contribution is -0.152. The molecule has 148 valence electrons. The molecule has 2 rings (SSSR count). The van der Waals surface area contributed by atoms with Gasteiger partial charge >= 0.3 is 5.97 Å². The van der Waals surface area contributed by atoms with Crippen LogP contribution in [0.15, 0.2) is 42.5 Å². The lowest BCUT2D eigenvalue weighted by Crippen LogP contribution is -2.30. The Bertz CT molecular complexity index is 877. The van der Waals surface area contributed by atoms with E-state index in [9.17, 15) is 14.4 Å². The van der Waals surface area contributed by atoms with Gasteiger partial charge in [-0.1, -0.05) is 12.1 Å². The van der Waals surface area contributed by atoms with Crippen molar-refractivity contribution in [3.63, 3.8) is 0 Å². The first-order valence-electron chi connectivity index (χ1n) is 8.67. The molecule has 0 fully saturated rings. The second-order valence-electron chi connectivity index (χ2n) is 6.08. The van der Waals surface area contributed by atoms with Crippen LogP contribution in [0.1, 0.15) is 29.8 Å². The molecule has 0 radical (unpaired) electrons. The van der Waals surface area contributed by atoms with Gasteiger partial charge in [0.1, 0.15) is 11.5 Å². The van der Waals surface area contributed by atoms with E-state index in [0.717, 1.165) is 0 Å². The molecule has 28 heavy (non-hydrogen) atoms. The summed E-state index contributed by atoms with van der Waals surface area (Å²) in [5.41, 5.74) is 1.46. The number of nitrogens with one attached hydrogen (secondary N) is 1. The minimum Gasteiger partial charge on any atom is -0.496 e. The molecule has 1 amide bonds. The maximum Gasteiger partial charge on any atom is 0.311 e. The minimum atomic E-state index is -1.01. The molecule has 0 aliphatic carbocycles. The first-order chi connectivity index (χ1) is 13.3. The number of hydrogen-bond acceptors (Lipinski definition) is 6. The maximum absolute atomic E-state index is 12.3. The van der Waals surface area contributed by atoms with E-state index in [-0.39, 0.29) is 12.2 Å². The van der Waals surface area contributed by atoms with Gasteiger partial charge in [0.05, 0.1) is 26.3 Å². The highest BCUT2D eigenvalue weighted by atomic mass is 16.5. The Hall–Kier alpha value is -3.35. The number of hydrogen-bond donors (Lipinski definition) is 1. The highest BCUT2D eigenvalue weighted by Crippen LogP contribution is 2.24. The van der Waals surface area contributed by atoms with Gasteiger partial charge in [-0.2, -0.15) is 0 Å². The van der Waals surface area contributed by atoms with Crippen LogP contribution >= 0.6 is 0 Å². The van der Waals surface area contributed by atoms with E-state index >= 15 is 0 Å². The van der Waals surface area contributed by atoms with Crippen LogP contribution in [0.3, 0.4) is 0 Å². The number of amides is 1. The molecule has 2 aromatic carbocycles. The summed E-state index contributed by atoms with van der Waals surface area (Å²) in [6.07, 6.45) is -1.14. The van der Waals surface area contributed by atoms with Crippen LogP contribution < -0.4 is 14.8 Å². The number of rotatable bonds is 8. The second-order valence-corrected chi connectivity index (χ2v) is 6.08. The first-order valence-corrected chi connectivity index (χ1v) is 8.67. The normalized spacial score (nSPS) is 11.3. The Labute approximate surface area is 163 Å². The average molecular weight is 385 g/mol. The molecule has 0 heterocycles. The molecule has 0 bridgehead atoms. The highest BCUT2D eigenvalue weighted by molar-refractivity contribution is 5.96. The number of methoxy groups -OCH3 is 2. The molecular formula is C21H23NO6. The smallest absolute Gasteiger partial charge is 0.311 e. The zero-order valence-electron chi connectivity index (χ0n) is 16.3. The van der Waals surface area contributed by atoms with Crippen molar-refractivity contribution in [1.82, 2.24) is 0 Å². The second kappa shape index (κ2) is 9.55. The molecule has 0 aromatic heterocycles. The van der Waals surface area contributed by atoms with Crippen LogP contribution in [-0.4, -0.2) is 38.0 Å². The highest BCUT2D eigenvalue weighted by Gasteiger charge is 2.20. The van der Waals surface area contributed by atoms with Gasteiger partial charge < -0.3 is 19.5 Å². The number of ketones is 1. The van der Waals surface area contributed by atoms with E-state index in [1.165, 1.54) is 28.1 Å². The van der Waals surface area contributed by atoms with Gasteiger partial charge in [0.2, 0.25) is 0 Å². The van der Waals surface area contributed by atoms with E-state index in [0.29, 0.717) is 28.3 Å². The fourth-order valence-corrected chi connectivity index (χ4v) is 2.57. The van der Waals surface area contributed by atoms with E-state index in [1.54, 1.807) is 42.5 Å². The molecular weight excluding hydrogens is 362 g/mol. The summed E-state index contributed by atoms with van der Waals surface area (Å²) in [5, 5.41) is 2.67. The Kier molecular flexibility index (Phi) is 7.14. The fraction of sp³-hybridized carbons (Fsp3) is 0.286. The third-order valence-electron chi connectivity index (χ3n) is 4.06. The van der Waals surface area contributed by atoms with Crippen molar-refractivity contribution < 1.29 is 28.6 Å². The zero-order chi connectivity index (χ0) is 20.7. The summed E-state index contributed by atoms with van der Waals surface area (Å²) in [6, 6.07) is 11.8. The van der Waals surface area contributed by atoms with Gasteiger partial charge in [0.15, 0.2) is 11.9 Å². The third kappa shape index (κ3) is 5.33. The molecule has 0 aliphatic rings. The summed E-state index contributed by atoms with van der Waals surface area (Å²) in [4.78, 5) is 36.2. The number of carbonyl (C=O) groups is 3. The SMILES string of the molecule is COc1ccc(C(C)=O)cc1CC(=O)O[C@H](C)C(=O)Nc1ccccc1OC. The first kappa shape index (κ1) is 21.0. The zero-order valence-corrected chi connectivity index (χ0v) is 16.3.